The number of hydrogen-bond donors (Lipinski definition) is 1. The van der Waals surface area contributed by atoms with E-state index in [1.54, 1.807) is 4.90 Å². The highest BCUT2D eigenvalue weighted by Gasteiger charge is 2.18. The Morgan fingerprint density at radius 1 is 1.80 bits per heavy atom. The summed E-state index contributed by atoms with van der Waals surface area (Å²) in [5.41, 5.74) is -0.265. The minimum absolute atomic E-state index is 0.265. The summed E-state index contributed by atoms with van der Waals surface area (Å²) in [6, 6.07) is 0. The van der Waals surface area contributed by atoms with Crippen molar-refractivity contribution in [3.63, 3.8) is 0 Å². The lowest BCUT2D eigenvalue weighted by molar-refractivity contribution is -0.122. The molecule has 0 unspecified atom stereocenters. The minimum Gasteiger partial charge on any atom is -0.362 e. The maximum Gasteiger partial charge on any atom is 0.209 e. The van der Waals surface area contributed by atoms with Crippen LogP contribution in [-0.2, 0) is 9.53 Å². The fourth-order valence-corrected chi connectivity index (χ4v) is 1.21. The molecule has 1 saturated heterocycles. The summed E-state index contributed by atoms with van der Waals surface area (Å²) in [6.45, 7) is 1.61. The zero-order valence-electron chi connectivity index (χ0n) is 5.40. The molecule has 1 fully saturated rings. The van der Waals surface area contributed by atoms with Crippen molar-refractivity contribution in [2.24, 2.45) is 0 Å². The lowest BCUT2D eigenvalue weighted by Gasteiger charge is -2.27. The zero-order valence-corrected chi connectivity index (χ0v) is 6.21. The van der Waals surface area contributed by atoms with Crippen molar-refractivity contribution in [3.05, 3.63) is 0 Å². The van der Waals surface area contributed by atoms with Gasteiger partial charge in [-0.25, -0.2) is 0 Å². The number of hydrogen-bond acceptors (Lipinski definition) is 4. The van der Waals surface area contributed by atoms with Crippen molar-refractivity contribution in [1.82, 2.24) is 4.90 Å². The molecular weight excluding hydrogens is 154 g/mol. The summed E-state index contributed by atoms with van der Waals surface area (Å²) in [4.78, 5) is 11.8. The van der Waals surface area contributed by atoms with Crippen molar-refractivity contribution in [2.75, 3.05) is 19.7 Å². The Kier molecular flexibility index (Phi) is 2.98. The first kappa shape index (κ1) is 7.84. The van der Waals surface area contributed by atoms with Gasteiger partial charge in [0.25, 0.3) is 0 Å². The van der Waals surface area contributed by atoms with Crippen molar-refractivity contribution >= 4 is 18.5 Å². The van der Waals surface area contributed by atoms with Crippen LogP contribution in [-0.4, -0.2) is 41.0 Å². The van der Waals surface area contributed by atoms with E-state index in [4.69, 9.17) is 9.29 Å². The molecule has 1 aliphatic heterocycles. The molecule has 0 aromatic rings. The highest BCUT2D eigenvalue weighted by molar-refractivity contribution is 7.94. The van der Waals surface area contributed by atoms with Crippen LogP contribution in [0, 0.1) is 0 Å². The topological polar surface area (TPSA) is 49.8 Å². The monoisotopic (exact) mass is 163 g/mol. The van der Waals surface area contributed by atoms with Crippen LogP contribution in [0.25, 0.3) is 0 Å². The average Bonchev–Trinajstić information content (AvgIpc) is 2.05. The highest BCUT2D eigenvalue weighted by Crippen LogP contribution is 2.12. The van der Waals surface area contributed by atoms with Crippen LogP contribution in [0.15, 0.2) is 0 Å². The van der Waals surface area contributed by atoms with Crippen molar-refractivity contribution in [1.29, 1.82) is 0 Å². The zero-order chi connectivity index (χ0) is 7.40. The smallest absolute Gasteiger partial charge is 0.209 e. The summed E-state index contributed by atoms with van der Waals surface area (Å²) < 4.78 is 13.6. The Morgan fingerprint density at radius 2 is 2.60 bits per heavy atom. The molecule has 1 atom stereocenters. The molecule has 0 aliphatic carbocycles. The van der Waals surface area contributed by atoms with E-state index in [0.29, 0.717) is 31.7 Å². The quantitative estimate of drug-likeness (QED) is 0.460. The van der Waals surface area contributed by atoms with Gasteiger partial charge in [-0.15, -0.1) is 0 Å². The summed E-state index contributed by atoms with van der Waals surface area (Å²) >= 11 is 0.642. The van der Waals surface area contributed by atoms with Crippen molar-refractivity contribution in [3.8, 4) is 0 Å². The van der Waals surface area contributed by atoms with E-state index in [2.05, 4.69) is 0 Å². The van der Waals surface area contributed by atoms with E-state index in [1.807, 2.05) is 0 Å². The summed E-state index contributed by atoms with van der Waals surface area (Å²) in [7, 11) is 0. The summed E-state index contributed by atoms with van der Waals surface area (Å²) in [5.74, 6) is 0. The molecule has 5 heteroatoms. The predicted molar refractivity (Wildman–Crippen MR) is 37.6 cm³/mol. The van der Waals surface area contributed by atoms with Crippen LogP contribution in [0.3, 0.4) is 0 Å². The number of ether oxygens (including phenoxy) is 1. The highest BCUT2D eigenvalue weighted by atomic mass is 32.2. The number of nitrogens with zero attached hydrogens (tertiary/aromatic N) is 1. The average molecular weight is 163 g/mol. The van der Waals surface area contributed by atoms with Gasteiger partial charge in [0.15, 0.2) is 0 Å². The van der Waals surface area contributed by atoms with Gasteiger partial charge in [-0.1, -0.05) is 0 Å². The molecule has 1 amide bonds. The first-order valence-electron chi connectivity index (χ1n) is 2.98. The number of amides is 1. The van der Waals surface area contributed by atoms with Gasteiger partial charge in [-0.05, 0) is 0 Å². The SMILES string of the molecule is O=CN1CCO[C@@H](SO)C1. The molecule has 0 aromatic heterocycles. The molecule has 1 rings (SSSR count). The first-order valence-corrected chi connectivity index (χ1v) is 3.81. The third-order valence-corrected chi connectivity index (χ3v) is 1.85. The van der Waals surface area contributed by atoms with Crippen molar-refractivity contribution in [2.45, 2.75) is 5.44 Å². The molecule has 1 heterocycles. The fourth-order valence-electron chi connectivity index (χ4n) is 0.796. The van der Waals surface area contributed by atoms with Gasteiger partial charge in [0.1, 0.15) is 5.44 Å². The third-order valence-electron chi connectivity index (χ3n) is 1.33. The third kappa shape index (κ3) is 1.86. The molecule has 0 spiro atoms. The molecule has 0 radical (unpaired) electrons. The Labute approximate surface area is 63.4 Å². The molecule has 0 saturated carbocycles. The van der Waals surface area contributed by atoms with E-state index in [-0.39, 0.29) is 5.44 Å². The number of carbonyl (C=O) groups is 1. The second-order valence-electron chi connectivity index (χ2n) is 2.01. The van der Waals surface area contributed by atoms with Gasteiger partial charge in [0.05, 0.1) is 13.2 Å². The number of morpholine rings is 1. The maximum absolute atomic E-state index is 10.2. The molecule has 1 aliphatic rings. The summed E-state index contributed by atoms with van der Waals surface area (Å²) in [6.07, 6.45) is 0.770. The first-order chi connectivity index (χ1) is 4.86. The Bertz CT molecular complexity index is 121. The van der Waals surface area contributed by atoms with Gasteiger partial charge in [-0.3, -0.25) is 4.79 Å². The summed E-state index contributed by atoms with van der Waals surface area (Å²) in [5, 5.41) is 0. The van der Waals surface area contributed by atoms with Gasteiger partial charge in [-0.2, -0.15) is 0 Å². The van der Waals surface area contributed by atoms with Crippen LogP contribution in [0.4, 0.5) is 0 Å². The molecule has 0 bridgehead atoms. The second kappa shape index (κ2) is 3.80. The maximum atomic E-state index is 10.2. The van der Waals surface area contributed by atoms with E-state index in [1.165, 1.54) is 0 Å². The van der Waals surface area contributed by atoms with Gasteiger partial charge in [0.2, 0.25) is 6.41 Å². The van der Waals surface area contributed by atoms with Crippen molar-refractivity contribution < 1.29 is 14.1 Å². The molecule has 10 heavy (non-hydrogen) atoms. The lowest BCUT2D eigenvalue weighted by atomic mass is 10.5. The molecule has 58 valence electrons. The molecular formula is C5H9NO3S. The standard InChI is InChI=1S/C5H9NO3S/c7-4-6-1-2-9-5(3-6)10-8/h4-5,8H,1-3H2/t5-/m0/s1. The van der Waals surface area contributed by atoms with Gasteiger partial charge in [0, 0.05) is 18.6 Å². The fraction of sp³-hybridized carbons (Fsp3) is 0.800. The minimum atomic E-state index is -0.265. The largest absolute Gasteiger partial charge is 0.362 e. The number of rotatable bonds is 2. The molecule has 1 N–H and O–H groups in total. The van der Waals surface area contributed by atoms with Crippen LogP contribution in [0.2, 0.25) is 0 Å². The molecule has 4 nitrogen and oxygen atoms in total. The van der Waals surface area contributed by atoms with E-state index < -0.39 is 0 Å². The van der Waals surface area contributed by atoms with E-state index in [9.17, 15) is 4.79 Å². The van der Waals surface area contributed by atoms with Crippen LogP contribution in [0.5, 0.6) is 0 Å². The predicted octanol–water partition coefficient (Wildman–Crippen LogP) is 0.00730. The lowest BCUT2D eigenvalue weighted by Crippen LogP contribution is -2.39. The van der Waals surface area contributed by atoms with Crippen LogP contribution < -0.4 is 0 Å². The van der Waals surface area contributed by atoms with Crippen LogP contribution in [0.1, 0.15) is 0 Å². The second-order valence-corrected chi connectivity index (χ2v) is 2.74. The van der Waals surface area contributed by atoms with Gasteiger partial charge < -0.3 is 14.2 Å². The van der Waals surface area contributed by atoms with E-state index in [0.717, 1.165) is 6.41 Å². The van der Waals surface area contributed by atoms with Gasteiger partial charge >= 0.3 is 0 Å². The van der Waals surface area contributed by atoms with Crippen LogP contribution >= 0.6 is 12.0 Å². The Hall–Kier alpha value is -0.260. The van der Waals surface area contributed by atoms with E-state index >= 15 is 0 Å². The Balaban J connectivity index is 2.31. The normalized spacial score (nSPS) is 26.5. The molecule has 0 aromatic carbocycles. The number of carbonyl (C=O) groups excluding carboxylic acids is 1. The Morgan fingerprint density at radius 3 is 3.20 bits per heavy atom.